The molecule has 1 spiro atoms. The van der Waals surface area contributed by atoms with Gasteiger partial charge in [-0.2, -0.15) is 0 Å². The summed E-state index contributed by atoms with van der Waals surface area (Å²) >= 11 is 0. The first-order chi connectivity index (χ1) is 9.43. The van der Waals surface area contributed by atoms with Crippen molar-refractivity contribution >= 4 is 5.78 Å². The molecular formula is C16H24O4. The number of ether oxygens (including phenoxy) is 3. The third kappa shape index (κ3) is 2.14. The fourth-order valence-corrected chi connectivity index (χ4v) is 3.77. The fourth-order valence-electron chi connectivity index (χ4n) is 3.77. The van der Waals surface area contributed by atoms with Gasteiger partial charge in [-0.1, -0.05) is 11.6 Å². The van der Waals surface area contributed by atoms with E-state index in [-0.39, 0.29) is 35.1 Å². The van der Waals surface area contributed by atoms with Crippen molar-refractivity contribution in [2.75, 3.05) is 13.7 Å². The Labute approximate surface area is 120 Å². The summed E-state index contributed by atoms with van der Waals surface area (Å²) in [5.41, 5.74) is 0.825. The van der Waals surface area contributed by atoms with Gasteiger partial charge in [0.2, 0.25) is 0 Å². The fraction of sp³-hybridized carbons (Fsp3) is 0.812. The Bertz CT molecular complexity index is 447. The Morgan fingerprint density at radius 2 is 2.20 bits per heavy atom. The second kappa shape index (κ2) is 4.65. The third-order valence-corrected chi connectivity index (χ3v) is 5.09. The maximum absolute atomic E-state index is 12.2. The lowest BCUT2D eigenvalue weighted by Crippen LogP contribution is -2.52. The van der Waals surface area contributed by atoms with Crippen LogP contribution < -0.4 is 0 Å². The number of methoxy groups -OCH3 is 1. The van der Waals surface area contributed by atoms with Gasteiger partial charge < -0.3 is 14.2 Å². The second-order valence-corrected chi connectivity index (χ2v) is 6.76. The van der Waals surface area contributed by atoms with E-state index >= 15 is 0 Å². The van der Waals surface area contributed by atoms with Crippen molar-refractivity contribution < 1.29 is 19.0 Å². The molecule has 1 unspecified atom stereocenters. The number of hydrogen-bond acceptors (Lipinski definition) is 4. The molecule has 0 bridgehead atoms. The lowest BCUT2D eigenvalue weighted by Gasteiger charge is -2.37. The van der Waals surface area contributed by atoms with Crippen LogP contribution in [0.5, 0.6) is 0 Å². The van der Waals surface area contributed by atoms with Crippen LogP contribution in [0.2, 0.25) is 0 Å². The van der Waals surface area contributed by atoms with Gasteiger partial charge in [0, 0.05) is 13.5 Å². The molecule has 0 radical (unpaired) electrons. The Kier molecular flexibility index (Phi) is 3.31. The Balaban J connectivity index is 1.80. The largest absolute Gasteiger partial charge is 0.373 e. The number of Topliss-reactive ketones (excluding diaryl/α,β-unsaturated/α-hetero) is 1. The van der Waals surface area contributed by atoms with E-state index in [1.807, 2.05) is 0 Å². The molecule has 5 atom stereocenters. The summed E-state index contributed by atoms with van der Waals surface area (Å²) in [7, 11) is 1.62. The van der Waals surface area contributed by atoms with Crippen molar-refractivity contribution in [2.24, 2.45) is 5.92 Å². The van der Waals surface area contributed by atoms with E-state index in [9.17, 15) is 4.79 Å². The summed E-state index contributed by atoms with van der Waals surface area (Å²) in [6.07, 6.45) is 4.26. The van der Waals surface area contributed by atoms with Crippen LogP contribution in [0.1, 0.15) is 40.0 Å². The Morgan fingerprint density at radius 3 is 2.75 bits per heavy atom. The van der Waals surface area contributed by atoms with E-state index in [2.05, 4.69) is 26.8 Å². The highest BCUT2D eigenvalue weighted by molar-refractivity contribution is 5.85. The third-order valence-electron chi connectivity index (χ3n) is 5.09. The minimum absolute atomic E-state index is 0.0248. The van der Waals surface area contributed by atoms with Crippen LogP contribution in [0.15, 0.2) is 11.6 Å². The zero-order valence-electron chi connectivity index (χ0n) is 12.8. The van der Waals surface area contributed by atoms with Gasteiger partial charge in [-0.05, 0) is 33.6 Å². The molecule has 112 valence electrons. The number of carbonyl (C=O) groups excluding carboxylic acids is 1. The van der Waals surface area contributed by atoms with E-state index in [1.165, 1.54) is 5.57 Å². The maximum atomic E-state index is 12.2. The predicted octanol–water partition coefficient (Wildman–Crippen LogP) is 2.26. The molecule has 0 aromatic rings. The zero-order valence-corrected chi connectivity index (χ0v) is 12.8. The number of ketones is 1. The summed E-state index contributed by atoms with van der Waals surface area (Å²) in [6, 6.07) is 0. The summed E-state index contributed by atoms with van der Waals surface area (Å²) in [4.78, 5) is 12.2. The topological polar surface area (TPSA) is 51.4 Å². The molecule has 20 heavy (non-hydrogen) atoms. The molecule has 2 heterocycles. The molecule has 1 saturated carbocycles. The first kappa shape index (κ1) is 14.2. The standard InChI is InChI=1S/C16H24O4/c1-10(2)5-6-12-15(3,20-12)14-13(18-4)11(17)7-8-16(14)9-19-16/h5,12-14H,6-9H2,1-4H3/t12-,13-,14?,15+,16+/m1/s1. The van der Waals surface area contributed by atoms with Crippen LogP contribution >= 0.6 is 0 Å². The molecule has 0 N–H and O–H groups in total. The van der Waals surface area contributed by atoms with Crippen molar-refractivity contribution in [3.05, 3.63) is 11.6 Å². The van der Waals surface area contributed by atoms with E-state index in [0.29, 0.717) is 6.42 Å². The molecule has 3 rings (SSSR count). The van der Waals surface area contributed by atoms with Gasteiger partial charge >= 0.3 is 0 Å². The van der Waals surface area contributed by atoms with Crippen molar-refractivity contribution in [1.29, 1.82) is 0 Å². The van der Waals surface area contributed by atoms with Crippen LogP contribution in [-0.4, -0.2) is 42.9 Å². The van der Waals surface area contributed by atoms with E-state index in [4.69, 9.17) is 14.2 Å². The second-order valence-electron chi connectivity index (χ2n) is 6.76. The van der Waals surface area contributed by atoms with Crippen molar-refractivity contribution in [1.82, 2.24) is 0 Å². The van der Waals surface area contributed by atoms with Gasteiger partial charge in [-0.25, -0.2) is 0 Å². The molecule has 4 nitrogen and oxygen atoms in total. The van der Waals surface area contributed by atoms with E-state index in [0.717, 1.165) is 19.4 Å². The van der Waals surface area contributed by atoms with Crippen molar-refractivity contribution in [3.63, 3.8) is 0 Å². The smallest absolute Gasteiger partial charge is 0.162 e. The molecular weight excluding hydrogens is 256 g/mol. The number of hydrogen-bond donors (Lipinski definition) is 0. The predicted molar refractivity (Wildman–Crippen MR) is 74.5 cm³/mol. The Hall–Kier alpha value is -0.710. The average molecular weight is 280 g/mol. The first-order valence-electron chi connectivity index (χ1n) is 7.43. The summed E-state index contributed by atoms with van der Waals surface area (Å²) in [5.74, 6) is 0.216. The van der Waals surface area contributed by atoms with Crippen molar-refractivity contribution in [2.45, 2.75) is 63.4 Å². The molecule has 3 fully saturated rings. The average Bonchev–Trinajstić information content (AvgIpc) is 3.29. The highest BCUT2D eigenvalue weighted by Crippen LogP contribution is 2.58. The molecule has 0 aromatic carbocycles. The molecule has 2 aliphatic heterocycles. The van der Waals surface area contributed by atoms with Gasteiger partial charge in [0.15, 0.2) is 5.78 Å². The quantitative estimate of drug-likeness (QED) is 0.585. The molecule has 2 saturated heterocycles. The summed E-state index contributed by atoms with van der Waals surface area (Å²) in [6.45, 7) is 7.02. The Morgan fingerprint density at radius 1 is 1.50 bits per heavy atom. The van der Waals surface area contributed by atoms with Crippen molar-refractivity contribution in [3.8, 4) is 0 Å². The lowest BCUT2D eigenvalue weighted by atomic mass is 9.69. The molecule has 3 aliphatic rings. The van der Waals surface area contributed by atoms with Crippen LogP contribution in [0.4, 0.5) is 0 Å². The van der Waals surface area contributed by atoms with Gasteiger partial charge in [-0.15, -0.1) is 0 Å². The first-order valence-corrected chi connectivity index (χ1v) is 7.43. The number of epoxide rings is 2. The number of allylic oxidation sites excluding steroid dienone is 1. The maximum Gasteiger partial charge on any atom is 0.162 e. The molecule has 0 amide bonds. The lowest BCUT2D eigenvalue weighted by molar-refractivity contribution is -0.142. The van der Waals surface area contributed by atoms with E-state index in [1.54, 1.807) is 7.11 Å². The SMILES string of the molecule is CO[C@@H]1C(=O)CC[C@]2(CO2)C1[C@@]1(C)O[C@@H]1CC=C(C)C. The number of carbonyl (C=O) groups is 1. The summed E-state index contributed by atoms with van der Waals surface area (Å²) in [5, 5.41) is 0. The van der Waals surface area contributed by atoms with Gasteiger partial charge in [-0.3, -0.25) is 4.79 Å². The minimum Gasteiger partial charge on any atom is -0.373 e. The minimum atomic E-state index is -0.382. The van der Waals surface area contributed by atoms with Gasteiger partial charge in [0.05, 0.1) is 18.6 Å². The normalized spacial score (nSPS) is 46.4. The molecule has 0 aromatic heterocycles. The van der Waals surface area contributed by atoms with E-state index < -0.39 is 0 Å². The van der Waals surface area contributed by atoms with Crippen LogP contribution in [0, 0.1) is 5.92 Å². The van der Waals surface area contributed by atoms with Gasteiger partial charge in [0.25, 0.3) is 0 Å². The summed E-state index contributed by atoms with van der Waals surface area (Å²) < 4.78 is 17.2. The van der Waals surface area contributed by atoms with Crippen LogP contribution in [0.3, 0.4) is 0 Å². The van der Waals surface area contributed by atoms with Crippen LogP contribution in [-0.2, 0) is 19.0 Å². The molecule has 4 heteroatoms. The van der Waals surface area contributed by atoms with Gasteiger partial charge in [0.1, 0.15) is 17.3 Å². The highest BCUT2D eigenvalue weighted by Gasteiger charge is 2.71. The zero-order chi connectivity index (χ0) is 14.5. The monoisotopic (exact) mass is 280 g/mol. The number of rotatable bonds is 4. The van der Waals surface area contributed by atoms with Crippen LogP contribution in [0.25, 0.3) is 0 Å². The highest BCUT2D eigenvalue weighted by atomic mass is 16.6. The molecule has 1 aliphatic carbocycles.